The fraction of sp³-hybridized carbons (Fsp3) is 0.286. The first-order chi connectivity index (χ1) is 14.6. The Morgan fingerprint density at radius 1 is 1.33 bits per heavy atom. The van der Waals surface area contributed by atoms with Gasteiger partial charge in [0.05, 0.1) is 12.4 Å². The van der Waals surface area contributed by atoms with Crippen LogP contribution < -0.4 is 10.6 Å². The summed E-state index contributed by atoms with van der Waals surface area (Å²) in [5.41, 5.74) is 3.93. The Labute approximate surface area is 171 Å². The zero-order chi connectivity index (χ0) is 20.8. The second kappa shape index (κ2) is 6.84. The number of nitrogens with one attached hydrogen (secondary N) is 2. The van der Waals surface area contributed by atoms with Crippen LogP contribution in [0.3, 0.4) is 0 Å². The monoisotopic (exact) mass is 401 g/mol. The minimum Gasteiger partial charge on any atom is -0.418 e. The second-order valence-electron chi connectivity index (χ2n) is 7.41. The Bertz CT molecular complexity index is 1330. The Kier molecular flexibility index (Phi) is 4.13. The van der Waals surface area contributed by atoms with Crippen LogP contribution in [0.5, 0.6) is 0 Å². The molecule has 1 unspecified atom stereocenters. The van der Waals surface area contributed by atoms with E-state index >= 15 is 0 Å². The highest BCUT2D eigenvalue weighted by Crippen LogP contribution is 2.33. The summed E-state index contributed by atoms with van der Waals surface area (Å²) < 4.78 is 7.83. The van der Waals surface area contributed by atoms with Crippen molar-refractivity contribution in [2.24, 2.45) is 13.0 Å². The van der Waals surface area contributed by atoms with Gasteiger partial charge in [-0.1, -0.05) is 12.1 Å². The minimum absolute atomic E-state index is 0.0369. The van der Waals surface area contributed by atoms with Crippen LogP contribution >= 0.6 is 0 Å². The van der Waals surface area contributed by atoms with Crippen LogP contribution in [0.25, 0.3) is 33.7 Å². The van der Waals surface area contributed by atoms with Crippen LogP contribution in [0, 0.1) is 17.2 Å². The van der Waals surface area contributed by atoms with E-state index in [2.05, 4.69) is 31.7 Å². The number of oxazole rings is 1. The van der Waals surface area contributed by atoms with Gasteiger partial charge in [0.2, 0.25) is 11.8 Å². The number of carbonyl (C=O) groups excluding carboxylic acids is 1. The number of benzene rings is 1. The van der Waals surface area contributed by atoms with Gasteiger partial charge < -0.3 is 19.6 Å². The van der Waals surface area contributed by atoms with E-state index in [1.165, 1.54) is 0 Å². The molecule has 0 bridgehead atoms. The molecule has 1 amide bonds. The van der Waals surface area contributed by atoms with Crippen molar-refractivity contribution in [3.05, 3.63) is 36.2 Å². The molecule has 30 heavy (non-hydrogen) atoms. The molecular weight excluding hydrogens is 382 g/mol. The van der Waals surface area contributed by atoms with Crippen molar-refractivity contribution < 1.29 is 9.21 Å². The topological polar surface area (TPSA) is 122 Å². The first-order valence-electron chi connectivity index (χ1n) is 9.68. The lowest BCUT2D eigenvalue weighted by Crippen LogP contribution is -2.28. The van der Waals surface area contributed by atoms with E-state index < -0.39 is 6.04 Å². The molecule has 1 atom stereocenters. The molecule has 3 heterocycles. The maximum atomic E-state index is 12.1. The van der Waals surface area contributed by atoms with Crippen molar-refractivity contribution in [2.45, 2.75) is 18.9 Å². The quantitative estimate of drug-likeness (QED) is 0.527. The van der Waals surface area contributed by atoms with Crippen LogP contribution in [0.4, 0.5) is 5.82 Å². The molecule has 2 N–H and O–H groups in total. The fourth-order valence-electron chi connectivity index (χ4n) is 3.52. The molecule has 9 nitrogen and oxygen atoms in total. The lowest BCUT2D eigenvalue weighted by molar-refractivity contribution is -0.122. The van der Waals surface area contributed by atoms with Crippen molar-refractivity contribution >= 4 is 34.0 Å². The maximum Gasteiger partial charge on any atom is 0.251 e. The van der Waals surface area contributed by atoms with E-state index in [9.17, 15) is 10.1 Å². The lowest BCUT2D eigenvalue weighted by atomic mass is 10.0. The van der Waals surface area contributed by atoms with Crippen molar-refractivity contribution in [1.29, 1.82) is 5.26 Å². The number of nitrogens with zero attached hydrogens (tertiary/aromatic N) is 5. The molecule has 3 aromatic heterocycles. The summed E-state index contributed by atoms with van der Waals surface area (Å²) in [6.07, 6.45) is 3.48. The molecule has 0 saturated heterocycles. The number of amides is 1. The Morgan fingerprint density at radius 3 is 2.90 bits per heavy atom. The van der Waals surface area contributed by atoms with Crippen LogP contribution in [-0.2, 0) is 11.8 Å². The first-order valence-corrected chi connectivity index (χ1v) is 9.68. The fourth-order valence-corrected chi connectivity index (χ4v) is 3.52. The predicted octanol–water partition coefficient (Wildman–Crippen LogP) is 2.91. The Morgan fingerprint density at radius 2 is 2.17 bits per heavy atom. The summed E-state index contributed by atoms with van der Waals surface area (Å²) in [6.45, 7) is 0. The molecule has 150 valence electrons. The molecule has 0 aliphatic heterocycles. The van der Waals surface area contributed by atoms with E-state index in [1.54, 1.807) is 13.4 Å². The molecule has 0 radical (unpaired) electrons. The smallest absolute Gasteiger partial charge is 0.251 e. The van der Waals surface area contributed by atoms with Crippen molar-refractivity contribution in [3.63, 3.8) is 0 Å². The number of hydrogen-bond acceptors (Lipinski definition) is 7. The van der Waals surface area contributed by atoms with Crippen molar-refractivity contribution in [2.75, 3.05) is 12.4 Å². The third-order valence-corrected chi connectivity index (χ3v) is 5.28. The van der Waals surface area contributed by atoms with E-state index in [0.717, 1.165) is 18.4 Å². The van der Waals surface area contributed by atoms with E-state index in [1.807, 2.05) is 35.9 Å². The van der Waals surface area contributed by atoms with Gasteiger partial charge in [-0.05, 0) is 30.5 Å². The van der Waals surface area contributed by atoms with E-state index in [-0.39, 0.29) is 11.8 Å². The van der Waals surface area contributed by atoms with Gasteiger partial charge in [0, 0.05) is 25.6 Å². The zero-order valence-electron chi connectivity index (χ0n) is 16.5. The van der Waals surface area contributed by atoms with Gasteiger partial charge in [-0.15, -0.1) is 0 Å². The molecule has 1 aliphatic rings. The highest BCUT2D eigenvalue weighted by atomic mass is 16.4. The van der Waals surface area contributed by atoms with Gasteiger partial charge in [0.15, 0.2) is 11.3 Å². The number of anilines is 1. The van der Waals surface area contributed by atoms with Gasteiger partial charge >= 0.3 is 0 Å². The number of aromatic nitrogens is 4. The highest BCUT2D eigenvalue weighted by molar-refractivity contribution is 6.03. The summed E-state index contributed by atoms with van der Waals surface area (Å²) in [4.78, 5) is 25.6. The average Bonchev–Trinajstić information content (AvgIpc) is 3.42. The summed E-state index contributed by atoms with van der Waals surface area (Å²) in [5.74, 6) is 0.966. The average molecular weight is 401 g/mol. The molecule has 5 rings (SSSR count). The third-order valence-electron chi connectivity index (χ3n) is 5.28. The largest absolute Gasteiger partial charge is 0.418 e. The summed E-state index contributed by atoms with van der Waals surface area (Å²) >= 11 is 0. The van der Waals surface area contributed by atoms with E-state index in [4.69, 9.17) is 4.42 Å². The highest BCUT2D eigenvalue weighted by Gasteiger charge is 2.31. The van der Waals surface area contributed by atoms with Gasteiger partial charge in [-0.2, -0.15) is 10.2 Å². The summed E-state index contributed by atoms with van der Waals surface area (Å²) in [5, 5.41) is 15.4. The van der Waals surface area contributed by atoms with Crippen LogP contribution in [0.1, 0.15) is 24.4 Å². The lowest BCUT2D eigenvalue weighted by Gasteiger charge is -2.12. The van der Waals surface area contributed by atoms with Crippen LogP contribution in [0.2, 0.25) is 0 Å². The second-order valence-corrected chi connectivity index (χ2v) is 7.41. The minimum atomic E-state index is -0.722. The summed E-state index contributed by atoms with van der Waals surface area (Å²) in [7, 11) is 3.67. The standard InChI is InChI=1S/C21H19N7O2/c1-23-18-15-17(28(2)10-24-15)16-21(27-18)30-20(26-16)13-5-3-4-12(8-13)14(9-22)25-19(29)11-6-7-11/h3-5,8,10-11,14H,6-7H2,1-2H3,(H,23,27)(H,25,29). The molecule has 9 heteroatoms. The number of hydrogen-bond donors (Lipinski definition) is 2. The maximum absolute atomic E-state index is 12.1. The number of rotatable bonds is 5. The van der Waals surface area contributed by atoms with E-state index in [0.29, 0.717) is 39.6 Å². The molecule has 1 aromatic carbocycles. The zero-order valence-corrected chi connectivity index (χ0v) is 16.5. The number of aryl methyl sites for hydroxylation is 1. The van der Waals surface area contributed by atoms with Gasteiger partial charge in [-0.25, -0.2) is 9.97 Å². The number of fused-ring (bicyclic) bond motifs is 3. The molecule has 1 saturated carbocycles. The SMILES string of the molecule is CNc1nc2oc(-c3cccc(C(C#N)NC(=O)C4CC4)c3)nc2c2c1ncn2C. The molecular formula is C21H19N7O2. The molecule has 0 spiro atoms. The Balaban J connectivity index is 1.56. The van der Waals surface area contributed by atoms with Crippen molar-refractivity contribution in [3.8, 4) is 17.5 Å². The summed E-state index contributed by atoms with van der Waals surface area (Å²) in [6, 6.07) is 8.73. The predicted molar refractivity (Wildman–Crippen MR) is 110 cm³/mol. The van der Waals surface area contributed by atoms with Crippen LogP contribution in [-0.4, -0.2) is 32.5 Å². The Hall–Kier alpha value is -3.93. The number of pyridine rings is 1. The van der Waals surface area contributed by atoms with Gasteiger partial charge in [-0.3, -0.25) is 4.79 Å². The van der Waals surface area contributed by atoms with Crippen molar-refractivity contribution in [1.82, 2.24) is 24.8 Å². The number of nitriles is 1. The number of imidazole rings is 1. The van der Waals surface area contributed by atoms with Gasteiger partial charge in [0.25, 0.3) is 5.71 Å². The molecule has 4 aromatic rings. The molecule has 1 fully saturated rings. The first kappa shape index (κ1) is 18.1. The van der Waals surface area contributed by atoms with Gasteiger partial charge in [0.1, 0.15) is 17.1 Å². The number of carbonyl (C=O) groups is 1. The normalized spacial score (nSPS) is 14.6. The van der Waals surface area contributed by atoms with Crippen LogP contribution in [0.15, 0.2) is 35.0 Å². The third kappa shape index (κ3) is 2.93. The molecule has 1 aliphatic carbocycles.